The summed E-state index contributed by atoms with van der Waals surface area (Å²) in [6.07, 6.45) is -2.87. The van der Waals surface area contributed by atoms with E-state index in [1.54, 1.807) is 41.5 Å². The zero-order valence-electron chi connectivity index (χ0n) is 13.5. The molecule has 0 saturated heterocycles. The van der Waals surface area contributed by atoms with Crippen LogP contribution in [-0.4, -0.2) is 47.2 Å². The van der Waals surface area contributed by atoms with Gasteiger partial charge in [0.1, 0.15) is 23.4 Å². The van der Waals surface area contributed by atoms with E-state index in [4.69, 9.17) is 14.6 Å². The molecule has 0 aromatic heterocycles. The molecule has 0 aliphatic carbocycles. The topological polar surface area (TPSA) is 84.9 Å². The maximum Gasteiger partial charge on any atom is 0.408 e. The van der Waals surface area contributed by atoms with Crippen LogP contribution in [0.5, 0.6) is 0 Å². The van der Waals surface area contributed by atoms with Crippen molar-refractivity contribution in [1.82, 2.24) is 5.32 Å². The van der Waals surface area contributed by atoms with E-state index in [-0.39, 0.29) is 6.42 Å². The number of hydrogen-bond donors (Lipinski definition) is 2. The van der Waals surface area contributed by atoms with E-state index in [2.05, 4.69) is 5.32 Å². The third-order valence-electron chi connectivity index (χ3n) is 2.07. The fraction of sp³-hybridized carbons (Fsp3) is 0.857. The molecule has 2 N–H and O–H groups in total. The van der Waals surface area contributed by atoms with Gasteiger partial charge in [-0.1, -0.05) is 0 Å². The average Bonchev–Trinajstić information content (AvgIpc) is 2.22. The first-order chi connectivity index (χ1) is 9.34. The second-order valence-corrected chi connectivity index (χ2v) is 6.75. The van der Waals surface area contributed by atoms with Crippen molar-refractivity contribution in [3.8, 4) is 0 Å². The average molecular weight is 307 g/mol. The number of carbonyl (C=O) groups excluding carboxylic acids is 2. The SMILES string of the molecule is CC(C)(C)OC(=O)N[C@@H](C[C@@H](F)CO)C(=O)OC(C)(C)C. The van der Waals surface area contributed by atoms with E-state index in [1.165, 1.54) is 0 Å². The normalized spacial score (nSPS) is 15.0. The van der Waals surface area contributed by atoms with Crippen molar-refractivity contribution in [2.24, 2.45) is 0 Å². The minimum absolute atomic E-state index is 0.384. The molecule has 21 heavy (non-hydrogen) atoms. The second-order valence-electron chi connectivity index (χ2n) is 6.75. The van der Waals surface area contributed by atoms with Gasteiger partial charge in [-0.15, -0.1) is 0 Å². The number of nitrogens with one attached hydrogen (secondary N) is 1. The molecule has 0 spiro atoms. The Bertz CT molecular complexity index is 359. The van der Waals surface area contributed by atoms with Crippen molar-refractivity contribution in [3.05, 3.63) is 0 Å². The lowest BCUT2D eigenvalue weighted by Gasteiger charge is -2.26. The highest BCUT2D eigenvalue weighted by Gasteiger charge is 2.30. The Hall–Kier alpha value is -1.37. The third kappa shape index (κ3) is 10.1. The minimum atomic E-state index is -1.64. The lowest BCUT2D eigenvalue weighted by atomic mass is 10.1. The Balaban J connectivity index is 4.82. The number of ether oxygens (including phenoxy) is 2. The molecule has 1 amide bonds. The molecule has 124 valence electrons. The summed E-state index contributed by atoms with van der Waals surface area (Å²) >= 11 is 0. The Labute approximate surface area is 125 Å². The largest absolute Gasteiger partial charge is 0.458 e. The monoisotopic (exact) mass is 307 g/mol. The van der Waals surface area contributed by atoms with Crippen LogP contribution in [0.4, 0.5) is 9.18 Å². The summed E-state index contributed by atoms with van der Waals surface area (Å²) in [6, 6.07) is -1.22. The van der Waals surface area contributed by atoms with Crippen LogP contribution >= 0.6 is 0 Å². The lowest BCUT2D eigenvalue weighted by Crippen LogP contribution is -2.47. The first kappa shape index (κ1) is 19.6. The predicted octanol–water partition coefficient (Wildman–Crippen LogP) is 1.94. The van der Waals surface area contributed by atoms with Gasteiger partial charge in [0.05, 0.1) is 6.61 Å². The molecule has 0 saturated carbocycles. The molecule has 0 aromatic rings. The Morgan fingerprint density at radius 3 is 1.95 bits per heavy atom. The second kappa shape index (κ2) is 7.59. The maximum atomic E-state index is 13.3. The van der Waals surface area contributed by atoms with Gasteiger partial charge in [0.15, 0.2) is 0 Å². The lowest BCUT2D eigenvalue weighted by molar-refractivity contribution is -0.158. The number of aliphatic hydroxyl groups is 1. The van der Waals surface area contributed by atoms with Crippen LogP contribution in [0.1, 0.15) is 48.0 Å². The smallest absolute Gasteiger partial charge is 0.408 e. The van der Waals surface area contributed by atoms with Crippen LogP contribution in [0, 0.1) is 0 Å². The minimum Gasteiger partial charge on any atom is -0.458 e. The first-order valence-electron chi connectivity index (χ1n) is 6.81. The number of rotatable bonds is 5. The number of hydrogen-bond acceptors (Lipinski definition) is 5. The molecule has 0 bridgehead atoms. The summed E-state index contributed by atoms with van der Waals surface area (Å²) in [6.45, 7) is 9.24. The van der Waals surface area contributed by atoms with Gasteiger partial charge in [-0.25, -0.2) is 14.0 Å². The summed E-state index contributed by atoms with van der Waals surface area (Å²) in [5, 5.41) is 11.0. The quantitative estimate of drug-likeness (QED) is 0.758. The first-order valence-corrected chi connectivity index (χ1v) is 6.81. The number of alkyl carbamates (subject to hydrolysis) is 1. The van der Waals surface area contributed by atoms with Crippen LogP contribution in [0.2, 0.25) is 0 Å². The van der Waals surface area contributed by atoms with Gasteiger partial charge in [0, 0.05) is 6.42 Å². The number of aliphatic hydroxyl groups excluding tert-OH is 1. The van der Waals surface area contributed by atoms with Gasteiger partial charge < -0.3 is 19.9 Å². The summed E-state index contributed by atoms with van der Waals surface area (Å²) in [5.74, 6) is -0.774. The number of alkyl halides is 1. The van der Waals surface area contributed by atoms with E-state index in [0.717, 1.165) is 0 Å². The van der Waals surface area contributed by atoms with Crippen molar-refractivity contribution in [1.29, 1.82) is 0 Å². The van der Waals surface area contributed by atoms with Crippen LogP contribution in [0.15, 0.2) is 0 Å². The van der Waals surface area contributed by atoms with E-state index in [9.17, 15) is 14.0 Å². The number of halogens is 1. The fourth-order valence-corrected chi connectivity index (χ4v) is 1.37. The van der Waals surface area contributed by atoms with Crippen molar-refractivity contribution in [2.75, 3.05) is 6.61 Å². The van der Waals surface area contributed by atoms with Gasteiger partial charge in [0.25, 0.3) is 0 Å². The van der Waals surface area contributed by atoms with Gasteiger partial charge in [0.2, 0.25) is 0 Å². The van der Waals surface area contributed by atoms with Crippen LogP contribution in [-0.2, 0) is 14.3 Å². The molecular formula is C14H26FNO5. The third-order valence-corrected chi connectivity index (χ3v) is 2.07. The summed E-state index contributed by atoms with van der Waals surface area (Å²) in [4.78, 5) is 23.7. The van der Waals surface area contributed by atoms with Crippen LogP contribution < -0.4 is 5.32 Å². The molecule has 0 unspecified atom stereocenters. The number of esters is 1. The van der Waals surface area contributed by atoms with Crippen molar-refractivity contribution in [3.63, 3.8) is 0 Å². The molecule has 0 aliphatic heterocycles. The van der Waals surface area contributed by atoms with E-state index in [0.29, 0.717) is 0 Å². The predicted molar refractivity (Wildman–Crippen MR) is 75.6 cm³/mol. The fourth-order valence-electron chi connectivity index (χ4n) is 1.37. The highest BCUT2D eigenvalue weighted by atomic mass is 19.1. The van der Waals surface area contributed by atoms with Gasteiger partial charge in [-0.05, 0) is 41.5 Å². The van der Waals surface area contributed by atoms with E-state index < -0.39 is 42.1 Å². The van der Waals surface area contributed by atoms with Gasteiger partial charge >= 0.3 is 12.1 Å². The van der Waals surface area contributed by atoms with Crippen molar-refractivity contribution in [2.45, 2.75) is 71.4 Å². The Kier molecular flexibility index (Phi) is 7.09. The maximum absolute atomic E-state index is 13.3. The van der Waals surface area contributed by atoms with E-state index in [1.807, 2.05) is 0 Å². The van der Waals surface area contributed by atoms with Crippen molar-refractivity contribution < 1.29 is 28.6 Å². The summed E-state index contributed by atoms with van der Waals surface area (Å²) in [5.41, 5.74) is -1.51. The highest BCUT2D eigenvalue weighted by Crippen LogP contribution is 2.13. The molecule has 0 aliphatic rings. The molecule has 6 nitrogen and oxygen atoms in total. The molecule has 0 radical (unpaired) electrons. The van der Waals surface area contributed by atoms with E-state index >= 15 is 0 Å². The van der Waals surface area contributed by atoms with Gasteiger partial charge in [-0.2, -0.15) is 0 Å². The Morgan fingerprint density at radius 2 is 1.57 bits per heavy atom. The molecule has 2 atom stereocenters. The molecule has 0 heterocycles. The highest BCUT2D eigenvalue weighted by molar-refractivity contribution is 5.81. The Morgan fingerprint density at radius 1 is 1.10 bits per heavy atom. The molecule has 0 fully saturated rings. The van der Waals surface area contributed by atoms with Crippen LogP contribution in [0.3, 0.4) is 0 Å². The molecular weight excluding hydrogens is 281 g/mol. The molecule has 0 aromatic carbocycles. The van der Waals surface area contributed by atoms with Crippen molar-refractivity contribution >= 4 is 12.1 Å². The number of carbonyl (C=O) groups is 2. The summed E-state index contributed by atoms with van der Waals surface area (Å²) in [7, 11) is 0. The molecule has 7 heteroatoms. The zero-order valence-corrected chi connectivity index (χ0v) is 13.5. The zero-order chi connectivity index (χ0) is 16.8. The number of amides is 1. The van der Waals surface area contributed by atoms with Gasteiger partial charge in [-0.3, -0.25) is 0 Å². The summed E-state index contributed by atoms with van der Waals surface area (Å²) < 4.78 is 23.5. The standard InChI is InChI=1S/C14H26FNO5/c1-13(2,3)20-11(18)10(7-9(15)8-17)16-12(19)21-14(4,5)6/h9-10,17H,7-8H2,1-6H3,(H,16,19)/t9-,10+/m1/s1. The van der Waals surface area contributed by atoms with Crippen LogP contribution in [0.25, 0.3) is 0 Å². The molecule has 0 rings (SSSR count).